The fourth-order valence-corrected chi connectivity index (χ4v) is 3.51. The molecule has 6 heteroatoms. The summed E-state index contributed by atoms with van der Waals surface area (Å²) in [6.07, 6.45) is 2.08. The zero-order valence-corrected chi connectivity index (χ0v) is 11.4. The van der Waals surface area contributed by atoms with Crippen molar-refractivity contribution < 1.29 is 18.3 Å². The average molecular weight is 263 g/mol. The minimum atomic E-state index is -3.52. The van der Waals surface area contributed by atoms with Crippen molar-refractivity contribution in [2.75, 3.05) is 5.75 Å². The molecule has 2 N–H and O–H groups in total. The Hall–Kier alpha value is -0.620. The van der Waals surface area contributed by atoms with E-state index >= 15 is 0 Å². The second-order valence-electron chi connectivity index (χ2n) is 5.39. The number of aliphatic carboxylic acids is 1. The molecule has 1 atom stereocenters. The van der Waals surface area contributed by atoms with Crippen LogP contribution in [0.4, 0.5) is 0 Å². The summed E-state index contributed by atoms with van der Waals surface area (Å²) in [5.74, 6) is -0.897. The molecular weight excluding hydrogens is 242 g/mol. The summed E-state index contributed by atoms with van der Waals surface area (Å²) >= 11 is 0. The van der Waals surface area contributed by atoms with Crippen LogP contribution in [0.15, 0.2) is 0 Å². The molecule has 0 saturated heterocycles. The number of carbonyl (C=O) groups is 1. The molecule has 0 heterocycles. The lowest BCUT2D eigenvalue weighted by molar-refractivity contribution is -0.144. The zero-order valence-electron chi connectivity index (χ0n) is 10.6. The number of rotatable bonds is 7. The third-order valence-electron chi connectivity index (χ3n) is 3.17. The summed E-state index contributed by atoms with van der Waals surface area (Å²) in [6.45, 7) is 5.33. The SMILES string of the molecule is CC(C)CCS(=O)(=O)NC(C)(C(=O)O)C1CC1. The van der Waals surface area contributed by atoms with Gasteiger partial charge in [-0.3, -0.25) is 4.79 Å². The molecule has 1 saturated carbocycles. The maximum atomic E-state index is 11.8. The first kappa shape index (κ1) is 14.4. The van der Waals surface area contributed by atoms with Gasteiger partial charge in [0.25, 0.3) is 0 Å². The van der Waals surface area contributed by atoms with Crippen LogP contribution in [0.2, 0.25) is 0 Å². The van der Waals surface area contributed by atoms with Gasteiger partial charge in [0, 0.05) is 0 Å². The highest BCUT2D eigenvalue weighted by Crippen LogP contribution is 2.40. The Bertz CT molecular complexity index is 386. The van der Waals surface area contributed by atoms with Gasteiger partial charge in [-0.25, -0.2) is 8.42 Å². The Morgan fingerprint density at radius 1 is 1.47 bits per heavy atom. The fraction of sp³-hybridized carbons (Fsp3) is 0.909. The predicted molar refractivity (Wildman–Crippen MR) is 65.1 cm³/mol. The van der Waals surface area contributed by atoms with Crippen LogP contribution in [0.3, 0.4) is 0 Å². The minimum Gasteiger partial charge on any atom is -0.480 e. The number of hydrogen-bond acceptors (Lipinski definition) is 3. The van der Waals surface area contributed by atoms with Crippen LogP contribution in [-0.2, 0) is 14.8 Å². The second-order valence-corrected chi connectivity index (χ2v) is 7.23. The molecule has 0 bridgehead atoms. The molecule has 0 aromatic heterocycles. The molecular formula is C11H21NO4S. The van der Waals surface area contributed by atoms with Gasteiger partial charge in [-0.2, -0.15) is 4.72 Å². The lowest BCUT2D eigenvalue weighted by atomic mass is 9.98. The van der Waals surface area contributed by atoms with E-state index < -0.39 is 21.5 Å². The van der Waals surface area contributed by atoms with Gasteiger partial charge >= 0.3 is 5.97 Å². The van der Waals surface area contributed by atoms with Crippen molar-refractivity contribution >= 4 is 16.0 Å². The first-order chi connectivity index (χ1) is 7.67. The Balaban J connectivity index is 2.70. The molecule has 0 amide bonds. The van der Waals surface area contributed by atoms with E-state index in [-0.39, 0.29) is 17.6 Å². The van der Waals surface area contributed by atoms with E-state index in [4.69, 9.17) is 5.11 Å². The molecule has 100 valence electrons. The van der Waals surface area contributed by atoms with Gasteiger partial charge in [0.05, 0.1) is 5.75 Å². The Labute approximate surface area is 103 Å². The lowest BCUT2D eigenvalue weighted by Crippen LogP contribution is -2.54. The molecule has 1 fully saturated rings. The van der Waals surface area contributed by atoms with Crippen LogP contribution in [0.1, 0.15) is 40.0 Å². The molecule has 0 radical (unpaired) electrons. The third kappa shape index (κ3) is 3.96. The van der Waals surface area contributed by atoms with Crippen LogP contribution in [0.5, 0.6) is 0 Å². The highest BCUT2D eigenvalue weighted by molar-refractivity contribution is 7.89. The van der Waals surface area contributed by atoms with Crippen molar-refractivity contribution in [1.82, 2.24) is 4.72 Å². The van der Waals surface area contributed by atoms with Crippen molar-refractivity contribution in [3.05, 3.63) is 0 Å². The molecule has 1 aliphatic carbocycles. The predicted octanol–water partition coefficient (Wildman–Crippen LogP) is 1.21. The van der Waals surface area contributed by atoms with Crippen molar-refractivity contribution in [3.8, 4) is 0 Å². The summed E-state index contributed by atoms with van der Waals surface area (Å²) < 4.78 is 26.0. The van der Waals surface area contributed by atoms with Crippen molar-refractivity contribution in [1.29, 1.82) is 0 Å². The van der Waals surface area contributed by atoms with Crippen molar-refractivity contribution in [2.24, 2.45) is 11.8 Å². The summed E-state index contributed by atoms with van der Waals surface area (Å²) in [7, 11) is -3.52. The van der Waals surface area contributed by atoms with E-state index in [2.05, 4.69) is 4.72 Å². The highest BCUT2D eigenvalue weighted by Gasteiger charge is 2.49. The van der Waals surface area contributed by atoms with E-state index in [1.54, 1.807) is 0 Å². The summed E-state index contributed by atoms with van der Waals surface area (Å²) in [5, 5.41) is 9.16. The van der Waals surface area contributed by atoms with Gasteiger partial charge in [-0.05, 0) is 38.0 Å². The van der Waals surface area contributed by atoms with Gasteiger partial charge < -0.3 is 5.11 Å². The largest absolute Gasteiger partial charge is 0.480 e. The molecule has 1 rings (SSSR count). The van der Waals surface area contributed by atoms with Gasteiger partial charge in [-0.1, -0.05) is 13.8 Å². The third-order valence-corrected chi connectivity index (χ3v) is 4.68. The number of carboxylic acids is 1. The van der Waals surface area contributed by atoms with Crippen LogP contribution < -0.4 is 4.72 Å². The smallest absolute Gasteiger partial charge is 0.324 e. The number of hydrogen-bond donors (Lipinski definition) is 2. The van der Waals surface area contributed by atoms with E-state index in [1.807, 2.05) is 13.8 Å². The molecule has 0 aliphatic heterocycles. The molecule has 1 unspecified atom stereocenters. The molecule has 1 aliphatic rings. The normalized spacial score (nSPS) is 20.2. The first-order valence-corrected chi connectivity index (χ1v) is 7.57. The standard InChI is InChI=1S/C11H21NO4S/c1-8(2)6-7-17(15,16)12-11(3,10(13)14)9-4-5-9/h8-9,12H,4-7H2,1-3H3,(H,13,14). The summed E-state index contributed by atoms with van der Waals surface area (Å²) in [5.41, 5.74) is -1.34. The van der Waals surface area contributed by atoms with E-state index in [0.29, 0.717) is 6.42 Å². The molecule has 0 aromatic carbocycles. The minimum absolute atomic E-state index is 0.0136. The maximum Gasteiger partial charge on any atom is 0.324 e. The number of carboxylic acid groups (broad SMARTS) is 1. The van der Waals surface area contributed by atoms with Crippen LogP contribution >= 0.6 is 0 Å². The first-order valence-electron chi connectivity index (χ1n) is 5.92. The zero-order chi connectivity index (χ0) is 13.3. The van der Waals surface area contributed by atoms with E-state index in [1.165, 1.54) is 6.92 Å². The van der Waals surface area contributed by atoms with E-state index in [0.717, 1.165) is 12.8 Å². The Morgan fingerprint density at radius 3 is 2.35 bits per heavy atom. The summed E-state index contributed by atoms with van der Waals surface area (Å²) in [4.78, 5) is 11.2. The van der Waals surface area contributed by atoms with Gasteiger partial charge in [0.15, 0.2) is 0 Å². The van der Waals surface area contributed by atoms with E-state index in [9.17, 15) is 13.2 Å². The fourth-order valence-electron chi connectivity index (χ4n) is 1.73. The Morgan fingerprint density at radius 2 is 2.00 bits per heavy atom. The Kier molecular flexibility index (Phi) is 4.19. The lowest BCUT2D eigenvalue weighted by Gasteiger charge is -2.25. The van der Waals surface area contributed by atoms with Gasteiger partial charge in [-0.15, -0.1) is 0 Å². The summed E-state index contributed by atoms with van der Waals surface area (Å²) in [6, 6.07) is 0. The average Bonchev–Trinajstić information content (AvgIpc) is 2.97. The molecule has 17 heavy (non-hydrogen) atoms. The van der Waals surface area contributed by atoms with Crippen LogP contribution in [-0.4, -0.2) is 30.8 Å². The van der Waals surface area contributed by atoms with Crippen LogP contribution in [0.25, 0.3) is 0 Å². The van der Waals surface area contributed by atoms with Gasteiger partial charge in [0.2, 0.25) is 10.0 Å². The molecule has 0 spiro atoms. The van der Waals surface area contributed by atoms with Crippen LogP contribution in [0, 0.1) is 11.8 Å². The topological polar surface area (TPSA) is 83.5 Å². The van der Waals surface area contributed by atoms with Gasteiger partial charge in [0.1, 0.15) is 5.54 Å². The monoisotopic (exact) mass is 263 g/mol. The quantitative estimate of drug-likeness (QED) is 0.723. The van der Waals surface area contributed by atoms with Crippen molar-refractivity contribution in [2.45, 2.75) is 45.6 Å². The maximum absolute atomic E-state index is 11.8. The second kappa shape index (κ2) is 4.94. The number of nitrogens with one attached hydrogen (secondary N) is 1. The van der Waals surface area contributed by atoms with Crippen molar-refractivity contribution in [3.63, 3.8) is 0 Å². The highest BCUT2D eigenvalue weighted by atomic mass is 32.2. The molecule has 0 aromatic rings. The molecule has 5 nitrogen and oxygen atoms in total. The number of sulfonamides is 1.